The third-order valence-corrected chi connectivity index (χ3v) is 5.71. The Balaban J connectivity index is 1.54. The Morgan fingerprint density at radius 3 is 2.00 bits per heavy atom. The summed E-state index contributed by atoms with van der Waals surface area (Å²) in [6.07, 6.45) is -0.441. The summed E-state index contributed by atoms with van der Waals surface area (Å²) in [6, 6.07) is 33.9. The minimum Gasteiger partial charge on any atom is -0.489 e. The Morgan fingerprint density at radius 2 is 1.35 bits per heavy atom. The topological polar surface area (TPSA) is 47.6 Å². The van der Waals surface area contributed by atoms with Crippen molar-refractivity contribution >= 4 is 16.7 Å². The van der Waals surface area contributed by atoms with E-state index in [0.717, 1.165) is 27.6 Å². The number of ether oxygens (including phenoxy) is 2. The van der Waals surface area contributed by atoms with Crippen LogP contribution in [0, 0.1) is 0 Å². The van der Waals surface area contributed by atoms with Gasteiger partial charge in [0.25, 0.3) is 0 Å². The number of benzene rings is 4. The van der Waals surface area contributed by atoms with Crippen molar-refractivity contribution in [3.63, 3.8) is 0 Å². The van der Waals surface area contributed by atoms with Crippen LogP contribution in [-0.4, -0.2) is 31.3 Å². The fourth-order valence-electron chi connectivity index (χ4n) is 3.99. The van der Waals surface area contributed by atoms with Gasteiger partial charge in [0.2, 0.25) is 0 Å². The maximum absolute atomic E-state index is 13.5. The molecule has 0 amide bonds. The molecule has 1 unspecified atom stereocenters. The van der Waals surface area contributed by atoms with Crippen LogP contribution >= 0.6 is 0 Å². The van der Waals surface area contributed by atoms with Gasteiger partial charge in [-0.1, -0.05) is 111 Å². The van der Waals surface area contributed by atoms with Crippen molar-refractivity contribution in [3.8, 4) is 5.75 Å². The number of esters is 1. The maximum Gasteiger partial charge on any atom is 0.318 e. The van der Waals surface area contributed by atoms with E-state index in [-0.39, 0.29) is 18.6 Å². The van der Waals surface area contributed by atoms with E-state index in [2.05, 4.69) is 31.3 Å². The smallest absolute Gasteiger partial charge is 0.318 e. The van der Waals surface area contributed by atoms with Crippen molar-refractivity contribution in [3.05, 3.63) is 114 Å². The van der Waals surface area contributed by atoms with Gasteiger partial charge in [-0.3, -0.25) is 4.79 Å². The van der Waals surface area contributed by atoms with Gasteiger partial charge in [0.15, 0.2) is 0 Å². The summed E-state index contributed by atoms with van der Waals surface area (Å²) in [7, 11) is 0. The first kappa shape index (κ1) is 23.5. The second kappa shape index (κ2) is 11.5. The Morgan fingerprint density at radius 1 is 0.765 bits per heavy atom. The molecule has 0 saturated carbocycles. The van der Waals surface area contributed by atoms with Crippen LogP contribution in [0.15, 0.2) is 103 Å². The Hall–Kier alpha value is -3.63. The minimum atomic E-state index is -0.499. The van der Waals surface area contributed by atoms with Crippen molar-refractivity contribution in [2.45, 2.75) is 31.9 Å². The molecular formula is C30H31NO3. The first-order chi connectivity index (χ1) is 16.6. The van der Waals surface area contributed by atoms with E-state index in [4.69, 9.17) is 9.47 Å². The van der Waals surface area contributed by atoms with Gasteiger partial charge in [-0.15, -0.1) is 0 Å². The summed E-state index contributed by atoms with van der Waals surface area (Å²) in [5.41, 5.74) is 1.81. The standard InChI is InChI=1S/C30H31NO3/c1-22(2)31-20-26(21-33-28-19-11-17-23-12-9-10-18-27(23)28)34-30(32)29(24-13-5-3-6-14-24)25-15-7-4-8-16-25/h3-19,22,26,29,31H,20-21H2,1-2H3. The average Bonchev–Trinajstić information content (AvgIpc) is 2.87. The molecule has 4 aromatic rings. The van der Waals surface area contributed by atoms with Crippen molar-refractivity contribution in [1.82, 2.24) is 5.32 Å². The van der Waals surface area contributed by atoms with Gasteiger partial charge in [-0.2, -0.15) is 0 Å². The molecule has 0 aliphatic carbocycles. The van der Waals surface area contributed by atoms with E-state index in [1.807, 2.05) is 91.0 Å². The summed E-state index contributed by atoms with van der Waals surface area (Å²) >= 11 is 0. The molecule has 0 aliphatic rings. The van der Waals surface area contributed by atoms with Gasteiger partial charge in [0, 0.05) is 18.0 Å². The zero-order valence-electron chi connectivity index (χ0n) is 19.7. The number of hydrogen-bond acceptors (Lipinski definition) is 4. The summed E-state index contributed by atoms with van der Waals surface area (Å²) in [5, 5.41) is 5.54. The van der Waals surface area contributed by atoms with Crippen LogP contribution in [0.1, 0.15) is 30.9 Å². The number of rotatable bonds is 10. The monoisotopic (exact) mass is 453 g/mol. The molecule has 0 spiro atoms. The lowest BCUT2D eigenvalue weighted by molar-refractivity contribution is -0.151. The number of fused-ring (bicyclic) bond motifs is 1. The minimum absolute atomic E-state index is 0.260. The molecule has 174 valence electrons. The largest absolute Gasteiger partial charge is 0.489 e. The molecule has 0 saturated heterocycles. The zero-order chi connectivity index (χ0) is 23.8. The van der Waals surface area contributed by atoms with E-state index in [9.17, 15) is 4.79 Å². The van der Waals surface area contributed by atoms with Crippen LogP contribution in [-0.2, 0) is 9.53 Å². The van der Waals surface area contributed by atoms with Crippen LogP contribution < -0.4 is 10.1 Å². The Kier molecular flexibility index (Phi) is 7.95. The molecule has 0 heterocycles. The first-order valence-electron chi connectivity index (χ1n) is 11.8. The van der Waals surface area contributed by atoms with Gasteiger partial charge in [-0.05, 0) is 22.6 Å². The summed E-state index contributed by atoms with van der Waals surface area (Å²) in [6.45, 7) is 4.91. The molecular weight excluding hydrogens is 422 g/mol. The molecule has 0 aromatic heterocycles. The molecule has 4 aromatic carbocycles. The molecule has 0 radical (unpaired) electrons. The van der Waals surface area contributed by atoms with Gasteiger partial charge >= 0.3 is 5.97 Å². The van der Waals surface area contributed by atoms with E-state index in [1.165, 1.54) is 0 Å². The first-order valence-corrected chi connectivity index (χ1v) is 11.8. The van der Waals surface area contributed by atoms with Gasteiger partial charge < -0.3 is 14.8 Å². The SMILES string of the molecule is CC(C)NCC(COc1cccc2ccccc12)OC(=O)C(c1ccccc1)c1ccccc1. The highest BCUT2D eigenvalue weighted by Gasteiger charge is 2.27. The van der Waals surface area contributed by atoms with Crippen LogP contribution in [0.5, 0.6) is 5.75 Å². The predicted molar refractivity (Wildman–Crippen MR) is 137 cm³/mol. The van der Waals surface area contributed by atoms with E-state index < -0.39 is 12.0 Å². The lowest BCUT2D eigenvalue weighted by Crippen LogP contribution is -2.39. The zero-order valence-corrected chi connectivity index (χ0v) is 19.7. The highest BCUT2D eigenvalue weighted by atomic mass is 16.6. The molecule has 4 nitrogen and oxygen atoms in total. The normalized spacial score (nSPS) is 12.1. The molecule has 4 heteroatoms. The van der Waals surface area contributed by atoms with Gasteiger partial charge in [-0.25, -0.2) is 0 Å². The van der Waals surface area contributed by atoms with Gasteiger partial charge in [0.1, 0.15) is 24.4 Å². The summed E-state index contributed by atoms with van der Waals surface area (Å²) in [5.74, 6) is 0.00217. The summed E-state index contributed by atoms with van der Waals surface area (Å²) in [4.78, 5) is 13.5. The predicted octanol–water partition coefficient (Wildman–Crippen LogP) is 5.96. The average molecular weight is 454 g/mol. The number of carbonyl (C=O) groups is 1. The maximum atomic E-state index is 13.5. The van der Waals surface area contributed by atoms with E-state index >= 15 is 0 Å². The van der Waals surface area contributed by atoms with E-state index in [0.29, 0.717) is 6.54 Å². The molecule has 4 rings (SSSR count). The second-order valence-corrected chi connectivity index (χ2v) is 8.66. The fraction of sp³-hybridized carbons (Fsp3) is 0.233. The number of carbonyl (C=O) groups excluding carboxylic acids is 1. The molecule has 0 bridgehead atoms. The van der Waals surface area contributed by atoms with Crippen molar-refractivity contribution < 1.29 is 14.3 Å². The molecule has 1 N–H and O–H groups in total. The third kappa shape index (κ3) is 6.03. The lowest BCUT2D eigenvalue weighted by Gasteiger charge is -2.24. The van der Waals surface area contributed by atoms with Crippen LogP contribution in [0.25, 0.3) is 10.8 Å². The highest BCUT2D eigenvalue weighted by molar-refractivity contribution is 5.88. The van der Waals surface area contributed by atoms with Crippen molar-refractivity contribution in [2.24, 2.45) is 0 Å². The fourth-order valence-corrected chi connectivity index (χ4v) is 3.99. The Bertz CT molecular complexity index is 1150. The number of hydrogen-bond donors (Lipinski definition) is 1. The second-order valence-electron chi connectivity index (χ2n) is 8.66. The van der Waals surface area contributed by atoms with Crippen molar-refractivity contribution in [1.29, 1.82) is 0 Å². The van der Waals surface area contributed by atoms with Crippen LogP contribution in [0.3, 0.4) is 0 Å². The number of nitrogens with one attached hydrogen (secondary N) is 1. The van der Waals surface area contributed by atoms with Gasteiger partial charge in [0.05, 0.1) is 0 Å². The lowest BCUT2D eigenvalue weighted by atomic mass is 9.91. The molecule has 0 fully saturated rings. The third-order valence-electron chi connectivity index (χ3n) is 5.71. The van der Waals surface area contributed by atoms with Crippen LogP contribution in [0.4, 0.5) is 0 Å². The van der Waals surface area contributed by atoms with Crippen molar-refractivity contribution in [2.75, 3.05) is 13.2 Å². The van der Waals surface area contributed by atoms with Crippen LogP contribution in [0.2, 0.25) is 0 Å². The van der Waals surface area contributed by atoms with E-state index in [1.54, 1.807) is 0 Å². The molecule has 1 atom stereocenters. The highest BCUT2D eigenvalue weighted by Crippen LogP contribution is 2.28. The Labute approximate surface area is 201 Å². The molecule has 34 heavy (non-hydrogen) atoms. The molecule has 0 aliphatic heterocycles. The quantitative estimate of drug-likeness (QED) is 0.301. The summed E-state index contributed by atoms with van der Waals surface area (Å²) < 4.78 is 12.3.